The van der Waals surface area contributed by atoms with E-state index in [1.165, 1.54) is 16.3 Å². The summed E-state index contributed by atoms with van der Waals surface area (Å²) in [6.07, 6.45) is 0. The fraction of sp³-hybridized carbons (Fsp3) is 0.143. The number of hydrogen-bond donors (Lipinski definition) is 1. The van der Waals surface area contributed by atoms with E-state index in [2.05, 4.69) is 5.79 Å². The summed E-state index contributed by atoms with van der Waals surface area (Å²) in [7, 11) is -2.46. The van der Waals surface area contributed by atoms with Crippen LogP contribution in [0.4, 0.5) is 0 Å². The van der Waals surface area contributed by atoms with Crippen LogP contribution in [-0.2, 0) is 4.57 Å². The summed E-state index contributed by atoms with van der Waals surface area (Å²) in [6.45, 7) is 0. The first-order chi connectivity index (χ1) is 5.30. The van der Waals surface area contributed by atoms with Gasteiger partial charge in [0.2, 0.25) is 24.3 Å². The Morgan fingerprint density at radius 3 is 2.00 bits per heavy atom. The van der Waals surface area contributed by atoms with Crippen LogP contribution in [-0.4, -0.2) is 21.2 Å². The molecule has 0 saturated carbocycles. The summed E-state index contributed by atoms with van der Waals surface area (Å²) in [4.78, 5) is 8.57. The first kappa shape index (κ1) is 10.9. The molecule has 1 N–H and O–H groups in total. The van der Waals surface area contributed by atoms with Crippen molar-refractivity contribution in [2.24, 2.45) is 0 Å². The molecule has 1 unspecified atom stereocenters. The fourth-order valence-corrected chi connectivity index (χ4v) is 1.06. The standard InChI is InChI=1S/C6H7O2P.CH3.Al.2H/c7-9(8)6-4-2-1-3-5-6;;;;/h1-5,9H,(H,7,8);1H3;;;. The molecule has 2 nitrogen and oxygen atoms in total. The lowest BCUT2D eigenvalue weighted by Gasteiger charge is -1.90. The predicted octanol–water partition coefficient (Wildman–Crippen LogP) is 0.446. The van der Waals surface area contributed by atoms with Gasteiger partial charge in [-0.15, -0.1) is 5.79 Å². The highest BCUT2D eigenvalue weighted by atomic mass is 31.1. The van der Waals surface area contributed by atoms with Gasteiger partial charge in [0, 0.05) is 5.30 Å². The lowest BCUT2D eigenvalue weighted by atomic mass is 10.4. The van der Waals surface area contributed by atoms with Crippen LogP contribution < -0.4 is 5.30 Å². The van der Waals surface area contributed by atoms with Crippen LogP contribution in [0.5, 0.6) is 0 Å². The van der Waals surface area contributed by atoms with Crippen molar-refractivity contribution in [2.75, 3.05) is 0 Å². The minimum Gasteiger partial charge on any atom is -0.343 e. The van der Waals surface area contributed by atoms with E-state index >= 15 is 0 Å². The van der Waals surface area contributed by atoms with Gasteiger partial charge in [0.05, 0.1) is 0 Å². The first-order valence-electron chi connectivity index (χ1n) is 3.59. The zero-order valence-corrected chi connectivity index (χ0v) is 9.74. The minimum absolute atomic E-state index is 0.516. The van der Waals surface area contributed by atoms with Gasteiger partial charge in [0.25, 0.3) is 0 Å². The van der Waals surface area contributed by atoms with Gasteiger partial charge < -0.3 is 4.89 Å². The molecule has 0 aliphatic carbocycles. The highest BCUT2D eigenvalue weighted by Crippen LogP contribution is 2.10. The molecule has 0 radical (unpaired) electrons. The van der Waals surface area contributed by atoms with Gasteiger partial charge in [-0.2, -0.15) is 0 Å². The summed E-state index contributed by atoms with van der Waals surface area (Å²) < 4.78 is 10.4. The van der Waals surface area contributed by atoms with Gasteiger partial charge in [0.15, 0.2) is 0 Å². The molecule has 0 amide bonds. The molecule has 0 heterocycles. The smallest absolute Gasteiger partial charge is 0.218 e. The molecule has 0 saturated heterocycles. The van der Waals surface area contributed by atoms with E-state index in [-0.39, 0.29) is 0 Å². The molecule has 0 fully saturated rings. The molecule has 0 bridgehead atoms. The van der Waals surface area contributed by atoms with Gasteiger partial charge >= 0.3 is 0 Å². The van der Waals surface area contributed by atoms with Gasteiger partial charge in [-0.1, -0.05) is 18.2 Å². The van der Waals surface area contributed by atoms with E-state index in [4.69, 9.17) is 4.89 Å². The minimum atomic E-state index is -2.46. The van der Waals surface area contributed by atoms with Crippen LogP contribution in [0, 0.1) is 0 Å². The Morgan fingerprint density at radius 2 is 1.73 bits per heavy atom. The average molecular weight is 186 g/mol. The fourth-order valence-electron chi connectivity index (χ4n) is 0.581. The molecule has 60 valence electrons. The zero-order chi connectivity index (χ0) is 8.69. The molecule has 0 spiro atoms. The number of hydrogen-bond acceptors (Lipinski definition) is 1. The highest BCUT2D eigenvalue weighted by Gasteiger charge is 1.92. The SMILES string of the molecule is O=[PH](O)c1ccccc1.[CH3][AlH2]. The second kappa shape index (κ2) is 6.64. The summed E-state index contributed by atoms with van der Waals surface area (Å²) in [5.74, 6) is 2.14. The molecule has 1 atom stereocenters. The van der Waals surface area contributed by atoms with Crippen molar-refractivity contribution in [2.45, 2.75) is 5.79 Å². The van der Waals surface area contributed by atoms with Crippen molar-refractivity contribution in [3.05, 3.63) is 30.3 Å². The lowest BCUT2D eigenvalue weighted by molar-refractivity contribution is 0.513. The Hall–Kier alpha value is -0.0575. The lowest BCUT2D eigenvalue weighted by Crippen LogP contribution is -1.91. The topological polar surface area (TPSA) is 37.3 Å². The van der Waals surface area contributed by atoms with Crippen molar-refractivity contribution < 1.29 is 9.46 Å². The van der Waals surface area contributed by atoms with Crippen LogP contribution >= 0.6 is 8.03 Å². The molecule has 0 aliphatic rings. The van der Waals surface area contributed by atoms with Crippen LogP contribution in [0.1, 0.15) is 0 Å². The maximum Gasteiger partial charge on any atom is 0.218 e. The van der Waals surface area contributed by atoms with Crippen molar-refractivity contribution in [3.63, 3.8) is 0 Å². The molecular weight excluding hydrogens is 174 g/mol. The van der Waals surface area contributed by atoms with E-state index in [9.17, 15) is 4.57 Å². The van der Waals surface area contributed by atoms with Crippen LogP contribution in [0.3, 0.4) is 0 Å². The van der Waals surface area contributed by atoms with Crippen LogP contribution in [0.2, 0.25) is 5.79 Å². The van der Waals surface area contributed by atoms with Crippen molar-refractivity contribution >= 4 is 29.6 Å². The molecule has 1 rings (SSSR count). The predicted molar refractivity (Wildman–Crippen MR) is 51.7 cm³/mol. The molecule has 0 aromatic heterocycles. The van der Waals surface area contributed by atoms with Gasteiger partial charge in [0.1, 0.15) is 0 Å². The maximum atomic E-state index is 10.4. The third-order valence-corrected chi connectivity index (χ3v) is 1.85. The van der Waals surface area contributed by atoms with Crippen LogP contribution in [0.15, 0.2) is 30.3 Å². The number of benzene rings is 1. The Kier molecular flexibility index (Phi) is 6.61. The third-order valence-electron chi connectivity index (χ3n) is 1.02. The Labute approximate surface area is 75.5 Å². The second-order valence-corrected chi connectivity index (χ2v) is 2.86. The monoisotopic (exact) mass is 186 g/mol. The summed E-state index contributed by atoms with van der Waals surface area (Å²) in [6, 6.07) is 8.58. The molecular formula is C7H12AlO2P. The van der Waals surface area contributed by atoms with Gasteiger partial charge in [-0.05, 0) is 12.1 Å². The van der Waals surface area contributed by atoms with Crippen molar-refractivity contribution in [3.8, 4) is 0 Å². The van der Waals surface area contributed by atoms with E-state index in [1.54, 1.807) is 24.3 Å². The molecule has 0 aliphatic heterocycles. The molecule has 1 aromatic carbocycles. The van der Waals surface area contributed by atoms with Gasteiger partial charge in [-0.3, -0.25) is 4.57 Å². The normalized spacial score (nSPS) is 11.1. The van der Waals surface area contributed by atoms with Crippen LogP contribution in [0.25, 0.3) is 0 Å². The molecule has 11 heavy (non-hydrogen) atoms. The largest absolute Gasteiger partial charge is 0.343 e. The maximum absolute atomic E-state index is 10.4. The zero-order valence-electron chi connectivity index (χ0n) is 6.74. The summed E-state index contributed by atoms with van der Waals surface area (Å²) >= 11 is 1.31. The van der Waals surface area contributed by atoms with Gasteiger partial charge in [-0.25, -0.2) is 0 Å². The molecule has 1 aromatic rings. The average Bonchev–Trinajstić information content (AvgIpc) is 2.10. The Morgan fingerprint density at radius 1 is 1.27 bits per heavy atom. The van der Waals surface area contributed by atoms with E-state index in [0.29, 0.717) is 5.30 Å². The van der Waals surface area contributed by atoms with E-state index in [0.717, 1.165) is 0 Å². The summed E-state index contributed by atoms with van der Waals surface area (Å²) in [5.41, 5.74) is 0. The first-order valence-corrected chi connectivity index (χ1v) is 6.94. The third kappa shape index (κ3) is 4.40. The van der Waals surface area contributed by atoms with E-state index in [1.807, 2.05) is 6.07 Å². The Balaban J connectivity index is 0.000000461. The van der Waals surface area contributed by atoms with Crippen molar-refractivity contribution in [1.29, 1.82) is 0 Å². The highest BCUT2D eigenvalue weighted by molar-refractivity contribution is 7.47. The summed E-state index contributed by atoms with van der Waals surface area (Å²) in [5, 5.41) is 0.516. The second-order valence-electron chi connectivity index (χ2n) is 1.67. The Bertz CT molecular complexity index is 213. The van der Waals surface area contributed by atoms with Crippen molar-refractivity contribution in [1.82, 2.24) is 0 Å². The van der Waals surface area contributed by atoms with E-state index < -0.39 is 8.03 Å². The molecule has 4 heteroatoms. The number of rotatable bonds is 1. The quantitative estimate of drug-likeness (QED) is 0.510.